The lowest BCUT2D eigenvalue weighted by Gasteiger charge is -2.10. The average molecular weight is 299 g/mol. The Balaban J connectivity index is 1.98. The van der Waals surface area contributed by atoms with E-state index in [1.807, 2.05) is 0 Å². The number of rotatable bonds is 6. The summed E-state index contributed by atoms with van der Waals surface area (Å²) in [5.41, 5.74) is -0.229. The lowest BCUT2D eigenvalue weighted by Crippen LogP contribution is -2.26. The molecule has 1 aliphatic rings. The van der Waals surface area contributed by atoms with Gasteiger partial charge in [0.05, 0.1) is 9.82 Å². The molecule has 1 heterocycles. The summed E-state index contributed by atoms with van der Waals surface area (Å²) in [7, 11) is -3.68. The van der Waals surface area contributed by atoms with E-state index in [9.17, 15) is 18.5 Å². The molecule has 0 aromatic heterocycles. The molecule has 0 aliphatic carbocycles. The van der Waals surface area contributed by atoms with Crippen LogP contribution in [0.3, 0.4) is 0 Å². The number of nitrogens with zero attached hydrogens (tertiary/aromatic N) is 1. The number of nitrogens with one attached hydrogen (secondary N) is 2. The fourth-order valence-corrected chi connectivity index (χ4v) is 3.29. The van der Waals surface area contributed by atoms with Gasteiger partial charge in [-0.15, -0.1) is 0 Å². The number of nitro groups is 1. The molecule has 1 fully saturated rings. The van der Waals surface area contributed by atoms with Gasteiger partial charge in [-0.2, -0.15) is 0 Å². The van der Waals surface area contributed by atoms with Gasteiger partial charge in [-0.05, 0) is 37.9 Å². The molecule has 0 saturated carbocycles. The van der Waals surface area contributed by atoms with Crippen molar-refractivity contribution in [2.75, 3.05) is 19.6 Å². The van der Waals surface area contributed by atoms with Crippen molar-refractivity contribution in [2.24, 2.45) is 5.92 Å². The number of sulfonamides is 1. The van der Waals surface area contributed by atoms with Crippen molar-refractivity contribution in [3.63, 3.8) is 0 Å². The van der Waals surface area contributed by atoms with Crippen LogP contribution in [0.25, 0.3) is 0 Å². The van der Waals surface area contributed by atoms with Crippen molar-refractivity contribution in [1.82, 2.24) is 10.0 Å². The molecule has 1 saturated heterocycles. The molecular formula is C12H17N3O4S. The number of nitro benzene ring substituents is 1. The molecule has 1 aromatic carbocycles. The fourth-order valence-electron chi connectivity index (χ4n) is 2.21. The standard InChI is InChI=1S/C12H17N3O4S/c16-15(17)11-2-1-3-12(8-11)20(18,19)14-7-5-10-4-6-13-9-10/h1-3,8,10,13-14H,4-7,9H2. The number of hydrogen-bond acceptors (Lipinski definition) is 5. The van der Waals surface area contributed by atoms with Gasteiger partial charge in [0.25, 0.3) is 5.69 Å². The summed E-state index contributed by atoms with van der Waals surface area (Å²) in [4.78, 5) is 9.97. The molecule has 0 spiro atoms. The van der Waals surface area contributed by atoms with Crippen LogP contribution in [0, 0.1) is 16.0 Å². The third kappa shape index (κ3) is 3.75. The molecule has 8 heteroatoms. The van der Waals surface area contributed by atoms with Crippen molar-refractivity contribution in [3.05, 3.63) is 34.4 Å². The highest BCUT2D eigenvalue weighted by Crippen LogP contribution is 2.17. The third-order valence-electron chi connectivity index (χ3n) is 3.35. The smallest absolute Gasteiger partial charge is 0.270 e. The predicted molar refractivity (Wildman–Crippen MR) is 73.9 cm³/mol. The van der Waals surface area contributed by atoms with Crippen LogP contribution in [0.2, 0.25) is 0 Å². The molecule has 1 unspecified atom stereocenters. The maximum absolute atomic E-state index is 12.0. The average Bonchev–Trinajstić information content (AvgIpc) is 2.92. The number of hydrogen-bond donors (Lipinski definition) is 2. The van der Waals surface area contributed by atoms with Crippen LogP contribution in [0.4, 0.5) is 5.69 Å². The molecule has 2 rings (SSSR count). The normalized spacial score (nSPS) is 19.1. The highest BCUT2D eigenvalue weighted by molar-refractivity contribution is 7.89. The second kappa shape index (κ2) is 6.29. The minimum atomic E-state index is -3.68. The summed E-state index contributed by atoms with van der Waals surface area (Å²) in [6, 6.07) is 5.06. The van der Waals surface area contributed by atoms with Gasteiger partial charge in [0.1, 0.15) is 0 Å². The zero-order valence-electron chi connectivity index (χ0n) is 10.9. The summed E-state index contributed by atoms with van der Waals surface area (Å²) < 4.78 is 26.6. The van der Waals surface area contributed by atoms with Crippen LogP contribution in [0.5, 0.6) is 0 Å². The Kier molecular flexibility index (Phi) is 4.69. The van der Waals surface area contributed by atoms with Crippen LogP contribution < -0.4 is 10.0 Å². The number of non-ortho nitro benzene ring substituents is 1. The Hall–Kier alpha value is -1.51. The quantitative estimate of drug-likeness (QED) is 0.599. The summed E-state index contributed by atoms with van der Waals surface area (Å²) in [6.45, 7) is 2.23. The largest absolute Gasteiger partial charge is 0.316 e. The van der Waals surface area contributed by atoms with E-state index in [1.165, 1.54) is 18.2 Å². The first-order chi connectivity index (χ1) is 9.49. The Bertz CT molecular complexity index is 582. The van der Waals surface area contributed by atoms with Crippen molar-refractivity contribution < 1.29 is 13.3 Å². The van der Waals surface area contributed by atoms with Crippen LogP contribution in [-0.4, -0.2) is 33.0 Å². The molecule has 0 radical (unpaired) electrons. The minimum Gasteiger partial charge on any atom is -0.316 e. The van der Waals surface area contributed by atoms with Crippen LogP contribution in [0.1, 0.15) is 12.8 Å². The second-order valence-electron chi connectivity index (χ2n) is 4.80. The first-order valence-corrected chi connectivity index (χ1v) is 7.92. The van der Waals surface area contributed by atoms with E-state index in [-0.39, 0.29) is 10.6 Å². The van der Waals surface area contributed by atoms with Crippen molar-refractivity contribution in [1.29, 1.82) is 0 Å². The lowest BCUT2D eigenvalue weighted by molar-refractivity contribution is -0.385. The van der Waals surface area contributed by atoms with Gasteiger partial charge in [-0.25, -0.2) is 13.1 Å². The van der Waals surface area contributed by atoms with Gasteiger partial charge in [-0.1, -0.05) is 6.07 Å². The van der Waals surface area contributed by atoms with E-state index >= 15 is 0 Å². The van der Waals surface area contributed by atoms with E-state index < -0.39 is 14.9 Å². The molecule has 1 atom stereocenters. The van der Waals surface area contributed by atoms with Gasteiger partial charge in [0.15, 0.2) is 0 Å². The molecule has 2 N–H and O–H groups in total. The zero-order chi connectivity index (χ0) is 14.6. The Labute approximate surface area is 117 Å². The minimum absolute atomic E-state index is 0.0729. The highest BCUT2D eigenvalue weighted by Gasteiger charge is 2.19. The summed E-state index contributed by atoms with van der Waals surface area (Å²) >= 11 is 0. The molecule has 20 heavy (non-hydrogen) atoms. The third-order valence-corrected chi connectivity index (χ3v) is 4.80. The SMILES string of the molecule is O=[N+]([O-])c1cccc(S(=O)(=O)NCCC2CCNC2)c1. The number of benzene rings is 1. The van der Waals surface area contributed by atoms with Gasteiger partial charge in [0, 0.05) is 18.7 Å². The molecule has 7 nitrogen and oxygen atoms in total. The van der Waals surface area contributed by atoms with Gasteiger partial charge < -0.3 is 5.32 Å². The summed E-state index contributed by atoms with van der Waals surface area (Å²) in [5, 5.41) is 13.9. The maximum atomic E-state index is 12.0. The van der Waals surface area contributed by atoms with E-state index in [2.05, 4.69) is 10.0 Å². The molecule has 0 bridgehead atoms. The Morgan fingerprint density at radius 1 is 1.45 bits per heavy atom. The molecule has 1 aromatic rings. The zero-order valence-corrected chi connectivity index (χ0v) is 11.7. The fraction of sp³-hybridized carbons (Fsp3) is 0.500. The van der Waals surface area contributed by atoms with E-state index in [1.54, 1.807) is 0 Å². The Morgan fingerprint density at radius 3 is 2.90 bits per heavy atom. The lowest BCUT2D eigenvalue weighted by atomic mass is 10.1. The molecular weight excluding hydrogens is 282 g/mol. The molecule has 0 amide bonds. The van der Waals surface area contributed by atoms with Crippen LogP contribution in [-0.2, 0) is 10.0 Å². The van der Waals surface area contributed by atoms with Gasteiger partial charge >= 0.3 is 0 Å². The van der Waals surface area contributed by atoms with Crippen LogP contribution in [0.15, 0.2) is 29.2 Å². The Morgan fingerprint density at radius 2 is 2.25 bits per heavy atom. The molecule has 110 valence electrons. The highest BCUT2D eigenvalue weighted by atomic mass is 32.2. The topological polar surface area (TPSA) is 101 Å². The monoisotopic (exact) mass is 299 g/mol. The van der Waals surface area contributed by atoms with Gasteiger partial charge in [0.2, 0.25) is 10.0 Å². The molecule has 1 aliphatic heterocycles. The van der Waals surface area contributed by atoms with E-state index in [0.29, 0.717) is 12.5 Å². The first-order valence-electron chi connectivity index (χ1n) is 6.44. The van der Waals surface area contributed by atoms with Crippen molar-refractivity contribution in [3.8, 4) is 0 Å². The predicted octanol–water partition coefficient (Wildman–Crippen LogP) is 0.873. The maximum Gasteiger partial charge on any atom is 0.270 e. The van der Waals surface area contributed by atoms with Gasteiger partial charge in [-0.3, -0.25) is 10.1 Å². The van der Waals surface area contributed by atoms with E-state index in [4.69, 9.17) is 0 Å². The van der Waals surface area contributed by atoms with Crippen LogP contribution >= 0.6 is 0 Å². The second-order valence-corrected chi connectivity index (χ2v) is 6.57. The first kappa shape index (κ1) is 14.9. The van der Waals surface area contributed by atoms with Crippen molar-refractivity contribution in [2.45, 2.75) is 17.7 Å². The van der Waals surface area contributed by atoms with E-state index in [0.717, 1.165) is 32.0 Å². The summed E-state index contributed by atoms with van der Waals surface area (Å²) in [6.07, 6.45) is 1.82. The van der Waals surface area contributed by atoms with Crippen molar-refractivity contribution >= 4 is 15.7 Å². The summed E-state index contributed by atoms with van der Waals surface area (Å²) in [5.74, 6) is 0.489.